The minimum absolute atomic E-state index is 0.0528. The predicted molar refractivity (Wildman–Crippen MR) is 62.3 cm³/mol. The maximum Gasteiger partial charge on any atom is 0.254 e. The second-order valence-electron chi connectivity index (χ2n) is 4.60. The van der Waals surface area contributed by atoms with Crippen molar-refractivity contribution in [2.45, 2.75) is 26.1 Å². The molecule has 0 bridgehead atoms. The lowest BCUT2D eigenvalue weighted by Gasteiger charge is -2.35. The first-order valence-corrected chi connectivity index (χ1v) is 5.87. The standard InChI is InChI=1S/C13H15F2NO2/c1-8-6-16(7-9(2)18-8)13(17)10-3-4-11(14)12(15)5-10/h3-5,8-9H,6-7H2,1-2H3. The molecule has 1 aliphatic rings. The maximum atomic E-state index is 13.1. The highest BCUT2D eigenvalue weighted by atomic mass is 19.2. The van der Waals surface area contributed by atoms with Gasteiger partial charge >= 0.3 is 0 Å². The SMILES string of the molecule is CC1CN(C(=O)c2ccc(F)c(F)c2)CC(C)O1. The normalized spacial score (nSPS) is 24.1. The number of halogens is 2. The van der Waals surface area contributed by atoms with Crippen LogP contribution < -0.4 is 0 Å². The van der Waals surface area contributed by atoms with E-state index in [2.05, 4.69) is 0 Å². The zero-order valence-electron chi connectivity index (χ0n) is 10.3. The highest BCUT2D eigenvalue weighted by Gasteiger charge is 2.26. The second-order valence-corrected chi connectivity index (χ2v) is 4.60. The number of hydrogen-bond acceptors (Lipinski definition) is 2. The number of amides is 1. The van der Waals surface area contributed by atoms with Gasteiger partial charge < -0.3 is 9.64 Å². The quantitative estimate of drug-likeness (QED) is 0.770. The van der Waals surface area contributed by atoms with Gasteiger partial charge in [-0.25, -0.2) is 8.78 Å². The molecule has 18 heavy (non-hydrogen) atoms. The highest BCUT2D eigenvalue weighted by Crippen LogP contribution is 2.16. The number of ether oxygens (including phenoxy) is 1. The first-order valence-electron chi connectivity index (χ1n) is 5.87. The van der Waals surface area contributed by atoms with Crippen LogP contribution in [0.3, 0.4) is 0 Å². The molecule has 0 saturated carbocycles. The van der Waals surface area contributed by atoms with E-state index in [1.54, 1.807) is 4.90 Å². The Morgan fingerprint density at radius 3 is 2.39 bits per heavy atom. The largest absolute Gasteiger partial charge is 0.372 e. The van der Waals surface area contributed by atoms with Crippen molar-refractivity contribution in [1.29, 1.82) is 0 Å². The Hall–Kier alpha value is -1.49. The summed E-state index contributed by atoms with van der Waals surface area (Å²) in [6, 6.07) is 3.20. The molecule has 98 valence electrons. The van der Waals surface area contributed by atoms with Gasteiger partial charge in [0.2, 0.25) is 0 Å². The summed E-state index contributed by atoms with van der Waals surface area (Å²) < 4.78 is 31.4. The molecule has 0 N–H and O–H groups in total. The average molecular weight is 255 g/mol. The van der Waals surface area contributed by atoms with Crippen LogP contribution in [0, 0.1) is 11.6 Å². The minimum atomic E-state index is -1.00. The van der Waals surface area contributed by atoms with Crippen molar-refractivity contribution in [2.24, 2.45) is 0 Å². The van der Waals surface area contributed by atoms with Crippen molar-refractivity contribution in [3.8, 4) is 0 Å². The summed E-state index contributed by atoms with van der Waals surface area (Å²) in [5.41, 5.74) is 0.162. The molecule has 1 heterocycles. The zero-order valence-corrected chi connectivity index (χ0v) is 10.3. The van der Waals surface area contributed by atoms with Crippen LogP contribution in [-0.4, -0.2) is 36.1 Å². The molecule has 0 spiro atoms. The van der Waals surface area contributed by atoms with Gasteiger partial charge in [-0.2, -0.15) is 0 Å². The minimum Gasteiger partial charge on any atom is -0.372 e. The Labute approximate surface area is 104 Å². The third kappa shape index (κ3) is 2.67. The average Bonchev–Trinajstić information content (AvgIpc) is 2.30. The molecule has 1 amide bonds. The number of rotatable bonds is 1. The number of benzene rings is 1. The van der Waals surface area contributed by atoms with Crippen LogP contribution >= 0.6 is 0 Å². The van der Waals surface area contributed by atoms with Crippen molar-refractivity contribution in [3.63, 3.8) is 0 Å². The summed E-state index contributed by atoms with van der Waals surface area (Å²) in [6.07, 6.45) is -0.106. The van der Waals surface area contributed by atoms with Crippen molar-refractivity contribution >= 4 is 5.91 Å². The van der Waals surface area contributed by atoms with Crippen LogP contribution in [0.2, 0.25) is 0 Å². The fraction of sp³-hybridized carbons (Fsp3) is 0.462. The van der Waals surface area contributed by atoms with Crippen LogP contribution in [0.1, 0.15) is 24.2 Å². The molecule has 1 aliphatic heterocycles. The van der Waals surface area contributed by atoms with Crippen LogP contribution in [0.4, 0.5) is 8.78 Å². The number of morpholine rings is 1. The molecule has 2 unspecified atom stereocenters. The Balaban J connectivity index is 2.17. The first-order chi connectivity index (χ1) is 8.47. The van der Waals surface area contributed by atoms with E-state index in [-0.39, 0.29) is 23.7 Å². The van der Waals surface area contributed by atoms with E-state index < -0.39 is 11.6 Å². The lowest BCUT2D eigenvalue weighted by molar-refractivity contribution is -0.0586. The zero-order chi connectivity index (χ0) is 13.3. The smallest absolute Gasteiger partial charge is 0.254 e. The molecule has 0 radical (unpaired) electrons. The molecular weight excluding hydrogens is 240 g/mol. The number of hydrogen-bond donors (Lipinski definition) is 0. The molecule has 1 aromatic rings. The molecule has 3 nitrogen and oxygen atoms in total. The van der Waals surface area contributed by atoms with Gasteiger partial charge in [0.15, 0.2) is 11.6 Å². The Kier molecular flexibility index (Phi) is 3.61. The van der Waals surface area contributed by atoms with Crippen molar-refractivity contribution in [2.75, 3.05) is 13.1 Å². The van der Waals surface area contributed by atoms with Gasteiger partial charge in [-0.3, -0.25) is 4.79 Å². The van der Waals surface area contributed by atoms with E-state index in [4.69, 9.17) is 4.74 Å². The van der Waals surface area contributed by atoms with E-state index >= 15 is 0 Å². The van der Waals surface area contributed by atoms with Crippen molar-refractivity contribution in [3.05, 3.63) is 35.4 Å². The van der Waals surface area contributed by atoms with E-state index in [0.717, 1.165) is 12.1 Å². The van der Waals surface area contributed by atoms with Crippen LogP contribution in [0.25, 0.3) is 0 Å². The monoisotopic (exact) mass is 255 g/mol. The molecule has 1 fully saturated rings. The fourth-order valence-electron chi connectivity index (χ4n) is 2.16. The first kappa shape index (κ1) is 13.0. The third-order valence-electron chi connectivity index (χ3n) is 2.87. The van der Waals surface area contributed by atoms with Crippen LogP contribution in [0.5, 0.6) is 0 Å². The summed E-state index contributed by atoms with van der Waals surface area (Å²) in [5, 5.41) is 0. The van der Waals surface area contributed by atoms with Gasteiger partial charge in [0.1, 0.15) is 0 Å². The summed E-state index contributed by atoms with van der Waals surface area (Å²) in [5.74, 6) is -2.25. The van der Waals surface area contributed by atoms with Gasteiger partial charge in [0.05, 0.1) is 12.2 Å². The topological polar surface area (TPSA) is 29.5 Å². The van der Waals surface area contributed by atoms with Gasteiger partial charge in [0, 0.05) is 18.7 Å². The molecule has 1 saturated heterocycles. The summed E-state index contributed by atoms with van der Waals surface area (Å²) in [6.45, 7) is 4.67. The molecule has 0 aliphatic carbocycles. The van der Waals surface area contributed by atoms with Gasteiger partial charge in [-0.15, -0.1) is 0 Å². The van der Waals surface area contributed by atoms with Gasteiger partial charge in [-0.05, 0) is 32.0 Å². The van der Waals surface area contributed by atoms with Crippen LogP contribution in [0.15, 0.2) is 18.2 Å². The summed E-state index contributed by atoms with van der Waals surface area (Å²) >= 11 is 0. The molecule has 1 aromatic carbocycles. The molecule has 0 aromatic heterocycles. The van der Waals surface area contributed by atoms with E-state index in [1.807, 2.05) is 13.8 Å². The maximum absolute atomic E-state index is 13.1. The number of nitrogens with zero attached hydrogens (tertiary/aromatic N) is 1. The highest BCUT2D eigenvalue weighted by molar-refractivity contribution is 5.94. The van der Waals surface area contributed by atoms with E-state index in [9.17, 15) is 13.6 Å². The van der Waals surface area contributed by atoms with E-state index in [1.165, 1.54) is 6.07 Å². The molecule has 2 rings (SSSR count). The fourth-order valence-corrected chi connectivity index (χ4v) is 2.16. The van der Waals surface area contributed by atoms with E-state index in [0.29, 0.717) is 13.1 Å². The van der Waals surface area contributed by atoms with Crippen molar-refractivity contribution < 1.29 is 18.3 Å². The predicted octanol–water partition coefficient (Wildman–Crippen LogP) is 2.21. The number of carbonyl (C=O) groups is 1. The third-order valence-corrected chi connectivity index (χ3v) is 2.87. The Morgan fingerprint density at radius 2 is 1.83 bits per heavy atom. The Morgan fingerprint density at radius 1 is 1.22 bits per heavy atom. The van der Waals surface area contributed by atoms with Gasteiger partial charge in [-0.1, -0.05) is 0 Å². The lowest BCUT2D eigenvalue weighted by atomic mass is 10.1. The summed E-state index contributed by atoms with van der Waals surface area (Å²) in [7, 11) is 0. The summed E-state index contributed by atoms with van der Waals surface area (Å²) in [4.78, 5) is 13.7. The molecular formula is C13H15F2NO2. The molecule has 2 atom stereocenters. The number of carbonyl (C=O) groups excluding carboxylic acids is 1. The van der Waals surface area contributed by atoms with Crippen molar-refractivity contribution in [1.82, 2.24) is 4.90 Å². The molecule has 5 heteroatoms. The lowest BCUT2D eigenvalue weighted by Crippen LogP contribution is -2.48. The Bertz CT molecular complexity index is 454. The van der Waals surface area contributed by atoms with Gasteiger partial charge in [0.25, 0.3) is 5.91 Å². The second kappa shape index (κ2) is 5.02. The van der Waals surface area contributed by atoms with Crippen LogP contribution in [-0.2, 0) is 4.74 Å².